The Morgan fingerprint density at radius 2 is 2.00 bits per heavy atom. The Balaban J connectivity index is 2.36. The van der Waals surface area contributed by atoms with Crippen molar-refractivity contribution in [2.24, 2.45) is 0 Å². The van der Waals surface area contributed by atoms with Gasteiger partial charge in [0, 0.05) is 16.3 Å². The molecule has 90 valence electrons. The van der Waals surface area contributed by atoms with Gasteiger partial charge in [-0.05, 0) is 37.3 Å². The summed E-state index contributed by atoms with van der Waals surface area (Å²) in [5, 5.41) is 10.1. The molecular weight excluding hydrogens is 266 g/mol. The molecule has 18 heavy (non-hydrogen) atoms. The van der Waals surface area contributed by atoms with Crippen LogP contribution in [0.5, 0.6) is 0 Å². The van der Waals surface area contributed by atoms with E-state index in [0.29, 0.717) is 16.6 Å². The van der Waals surface area contributed by atoms with Crippen LogP contribution in [0, 0.1) is 18.3 Å². The van der Waals surface area contributed by atoms with Crippen LogP contribution >= 0.6 is 23.4 Å². The van der Waals surface area contributed by atoms with E-state index < -0.39 is 0 Å². The molecule has 0 amide bonds. The van der Waals surface area contributed by atoms with Gasteiger partial charge in [0.2, 0.25) is 0 Å². The summed E-state index contributed by atoms with van der Waals surface area (Å²) in [5.41, 5.74) is 1.80. The van der Waals surface area contributed by atoms with Crippen molar-refractivity contribution in [1.29, 1.82) is 5.26 Å². The molecule has 0 N–H and O–H groups in total. The summed E-state index contributed by atoms with van der Waals surface area (Å²) < 4.78 is 0. The first-order chi connectivity index (χ1) is 8.69. The summed E-state index contributed by atoms with van der Waals surface area (Å²) >= 11 is 7.26. The van der Waals surface area contributed by atoms with E-state index in [1.54, 1.807) is 0 Å². The summed E-state index contributed by atoms with van der Waals surface area (Å²) in [6, 6.07) is 11.4. The van der Waals surface area contributed by atoms with E-state index in [1.165, 1.54) is 11.8 Å². The number of aryl methyl sites for hydroxylation is 1. The first kappa shape index (κ1) is 12.9. The lowest BCUT2D eigenvalue weighted by atomic mass is 10.2. The Hall–Kier alpha value is -1.57. The molecule has 0 aliphatic rings. The monoisotopic (exact) mass is 275 g/mol. The molecule has 0 radical (unpaired) electrons. The average Bonchev–Trinajstić information content (AvgIpc) is 2.36. The Kier molecular flexibility index (Phi) is 4.19. The molecule has 0 saturated carbocycles. The highest BCUT2D eigenvalue weighted by molar-refractivity contribution is 7.99. The normalized spacial score (nSPS) is 10.1. The highest BCUT2D eigenvalue weighted by atomic mass is 35.5. The van der Waals surface area contributed by atoms with E-state index in [4.69, 9.17) is 16.9 Å². The molecule has 0 aliphatic heterocycles. The zero-order valence-electron chi connectivity index (χ0n) is 9.72. The molecule has 3 nitrogen and oxygen atoms in total. The molecule has 0 unspecified atom stereocenters. The fourth-order valence-corrected chi connectivity index (χ4v) is 2.19. The minimum Gasteiger partial charge on any atom is -0.233 e. The maximum atomic E-state index is 8.58. The number of hydrogen-bond donors (Lipinski definition) is 0. The van der Waals surface area contributed by atoms with Crippen molar-refractivity contribution in [2.75, 3.05) is 5.75 Å². The smallest absolute Gasteiger partial charge is 0.160 e. The van der Waals surface area contributed by atoms with Crippen molar-refractivity contribution in [3.05, 3.63) is 41.0 Å². The molecule has 2 rings (SSSR count). The Labute approximate surface area is 115 Å². The number of benzene rings is 1. The molecule has 1 heterocycles. The number of rotatable bonds is 3. The molecule has 0 atom stereocenters. The molecular formula is C13H10ClN3S. The van der Waals surface area contributed by atoms with Crippen LogP contribution in [0.15, 0.2) is 35.4 Å². The second-order valence-electron chi connectivity index (χ2n) is 3.62. The first-order valence-electron chi connectivity index (χ1n) is 5.30. The lowest BCUT2D eigenvalue weighted by Gasteiger charge is -2.04. The summed E-state index contributed by atoms with van der Waals surface area (Å²) in [6.45, 7) is 1.91. The van der Waals surface area contributed by atoms with E-state index in [9.17, 15) is 0 Å². The maximum absolute atomic E-state index is 8.58. The predicted octanol–water partition coefficient (Wildman–Crippen LogP) is 3.72. The van der Waals surface area contributed by atoms with Gasteiger partial charge in [-0.3, -0.25) is 0 Å². The van der Waals surface area contributed by atoms with Crippen molar-refractivity contribution < 1.29 is 0 Å². The van der Waals surface area contributed by atoms with Gasteiger partial charge in [-0.25, -0.2) is 9.97 Å². The lowest BCUT2D eigenvalue weighted by Crippen LogP contribution is -1.94. The van der Waals surface area contributed by atoms with Crippen LogP contribution in [-0.4, -0.2) is 15.7 Å². The van der Waals surface area contributed by atoms with Gasteiger partial charge in [0.05, 0.1) is 11.8 Å². The third-order valence-corrected chi connectivity index (χ3v) is 3.25. The van der Waals surface area contributed by atoms with E-state index in [0.717, 1.165) is 16.3 Å². The second kappa shape index (κ2) is 5.85. The van der Waals surface area contributed by atoms with Crippen molar-refractivity contribution in [2.45, 2.75) is 11.9 Å². The molecule has 5 heteroatoms. The minimum atomic E-state index is 0.385. The van der Waals surface area contributed by atoms with Crippen molar-refractivity contribution in [3.63, 3.8) is 0 Å². The number of nitriles is 1. The van der Waals surface area contributed by atoms with Gasteiger partial charge in [-0.1, -0.05) is 23.4 Å². The maximum Gasteiger partial charge on any atom is 0.160 e. The van der Waals surface area contributed by atoms with E-state index in [2.05, 4.69) is 16.0 Å². The van der Waals surface area contributed by atoms with Crippen LogP contribution < -0.4 is 0 Å². The van der Waals surface area contributed by atoms with Crippen LogP contribution in [0.4, 0.5) is 0 Å². The van der Waals surface area contributed by atoms with Crippen LogP contribution in [0.3, 0.4) is 0 Å². The van der Waals surface area contributed by atoms with Gasteiger partial charge in [-0.2, -0.15) is 5.26 Å². The van der Waals surface area contributed by atoms with Crippen LogP contribution in [-0.2, 0) is 0 Å². The van der Waals surface area contributed by atoms with E-state index in [1.807, 2.05) is 37.3 Å². The SMILES string of the molecule is Cc1cc(SCC#N)nc(-c2ccc(Cl)cc2)n1. The third kappa shape index (κ3) is 3.22. The molecule has 0 saturated heterocycles. The number of aromatic nitrogens is 2. The van der Waals surface area contributed by atoms with Crippen LogP contribution in [0.2, 0.25) is 5.02 Å². The van der Waals surface area contributed by atoms with E-state index >= 15 is 0 Å². The molecule has 1 aromatic carbocycles. The third-order valence-electron chi connectivity index (χ3n) is 2.22. The number of nitrogens with zero attached hydrogens (tertiary/aromatic N) is 3. The Bertz CT molecular complexity index is 590. The van der Waals surface area contributed by atoms with Crippen LogP contribution in [0.1, 0.15) is 5.69 Å². The standard InChI is InChI=1S/C13H10ClN3S/c1-9-8-12(18-7-6-15)17-13(16-9)10-2-4-11(14)5-3-10/h2-5,8H,7H2,1H3. The van der Waals surface area contributed by atoms with Gasteiger partial charge in [-0.15, -0.1) is 0 Å². The molecule has 0 aliphatic carbocycles. The zero-order valence-corrected chi connectivity index (χ0v) is 11.3. The second-order valence-corrected chi connectivity index (χ2v) is 5.06. The minimum absolute atomic E-state index is 0.385. The highest BCUT2D eigenvalue weighted by Crippen LogP contribution is 2.22. The van der Waals surface area contributed by atoms with E-state index in [-0.39, 0.29) is 0 Å². The first-order valence-corrected chi connectivity index (χ1v) is 6.67. The van der Waals surface area contributed by atoms with Gasteiger partial charge in [0.25, 0.3) is 0 Å². The fourth-order valence-electron chi connectivity index (χ4n) is 1.45. The fraction of sp³-hybridized carbons (Fsp3) is 0.154. The molecule has 0 bridgehead atoms. The largest absolute Gasteiger partial charge is 0.233 e. The summed E-state index contributed by atoms with van der Waals surface area (Å²) in [5.74, 6) is 1.04. The van der Waals surface area contributed by atoms with Crippen molar-refractivity contribution >= 4 is 23.4 Å². The number of halogens is 1. The zero-order chi connectivity index (χ0) is 13.0. The summed E-state index contributed by atoms with van der Waals surface area (Å²) in [6.07, 6.45) is 0. The highest BCUT2D eigenvalue weighted by Gasteiger charge is 2.05. The average molecular weight is 276 g/mol. The van der Waals surface area contributed by atoms with Gasteiger partial charge in [0.15, 0.2) is 5.82 Å². The summed E-state index contributed by atoms with van der Waals surface area (Å²) in [4.78, 5) is 8.82. The van der Waals surface area contributed by atoms with Gasteiger partial charge < -0.3 is 0 Å². The predicted molar refractivity (Wildman–Crippen MR) is 73.6 cm³/mol. The molecule has 0 fully saturated rings. The molecule has 2 aromatic rings. The molecule has 0 spiro atoms. The topological polar surface area (TPSA) is 49.6 Å². The van der Waals surface area contributed by atoms with Gasteiger partial charge in [0.1, 0.15) is 5.03 Å². The Morgan fingerprint density at radius 1 is 1.28 bits per heavy atom. The van der Waals surface area contributed by atoms with Crippen LogP contribution in [0.25, 0.3) is 11.4 Å². The van der Waals surface area contributed by atoms with Crippen molar-refractivity contribution in [3.8, 4) is 17.5 Å². The number of thioether (sulfide) groups is 1. The lowest BCUT2D eigenvalue weighted by molar-refractivity contribution is 1.02. The number of hydrogen-bond acceptors (Lipinski definition) is 4. The summed E-state index contributed by atoms with van der Waals surface area (Å²) in [7, 11) is 0. The quantitative estimate of drug-likeness (QED) is 0.633. The molecule has 1 aromatic heterocycles. The van der Waals surface area contributed by atoms with Crippen molar-refractivity contribution in [1.82, 2.24) is 9.97 Å². The van der Waals surface area contributed by atoms with Gasteiger partial charge >= 0.3 is 0 Å². The Morgan fingerprint density at radius 3 is 2.67 bits per heavy atom.